The van der Waals surface area contributed by atoms with Gasteiger partial charge in [-0.25, -0.2) is 27.7 Å². The standard InChI is InChI=1S/C19H14F3N5/c1-10-17(12-8-13(20)16(22)14(21)9-12)25-18(23)19-24-15(26-27(10)19)7-11-5-3-2-4-6-11/h2-6,8-9H,7H2,1H3,(H2,23,25). The second kappa shape index (κ2) is 6.39. The van der Waals surface area contributed by atoms with E-state index in [9.17, 15) is 13.2 Å². The van der Waals surface area contributed by atoms with Gasteiger partial charge in [-0.2, -0.15) is 5.10 Å². The zero-order chi connectivity index (χ0) is 19.1. The first-order chi connectivity index (χ1) is 12.9. The molecule has 27 heavy (non-hydrogen) atoms. The number of rotatable bonds is 3. The zero-order valence-corrected chi connectivity index (χ0v) is 14.2. The Balaban J connectivity index is 1.84. The van der Waals surface area contributed by atoms with Gasteiger partial charge in [0, 0.05) is 12.0 Å². The number of aryl methyl sites for hydroxylation is 1. The summed E-state index contributed by atoms with van der Waals surface area (Å²) in [6, 6.07) is 11.4. The summed E-state index contributed by atoms with van der Waals surface area (Å²) in [4.78, 5) is 8.61. The fourth-order valence-corrected chi connectivity index (χ4v) is 2.93. The van der Waals surface area contributed by atoms with E-state index in [0.29, 0.717) is 23.6 Å². The fourth-order valence-electron chi connectivity index (χ4n) is 2.93. The predicted molar refractivity (Wildman–Crippen MR) is 94.5 cm³/mol. The van der Waals surface area contributed by atoms with Crippen molar-refractivity contribution in [2.75, 3.05) is 5.73 Å². The van der Waals surface area contributed by atoms with Crippen molar-refractivity contribution >= 4 is 11.5 Å². The molecule has 2 heterocycles. The SMILES string of the molecule is Cc1c(-c2cc(F)c(F)c(F)c2)nc(N)c2nc(Cc3ccccc3)nn12. The van der Waals surface area contributed by atoms with Crippen molar-refractivity contribution in [1.82, 2.24) is 19.6 Å². The molecule has 0 saturated carbocycles. The minimum atomic E-state index is -1.53. The van der Waals surface area contributed by atoms with Crippen LogP contribution in [-0.4, -0.2) is 19.6 Å². The highest BCUT2D eigenvalue weighted by molar-refractivity contribution is 5.70. The van der Waals surface area contributed by atoms with Gasteiger partial charge in [-0.05, 0) is 24.6 Å². The summed E-state index contributed by atoms with van der Waals surface area (Å²) in [5.74, 6) is -3.53. The number of hydrogen-bond donors (Lipinski definition) is 1. The van der Waals surface area contributed by atoms with Crippen molar-refractivity contribution in [3.63, 3.8) is 0 Å². The summed E-state index contributed by atoms with van der Waals surface area (Å²) in [7, 11) is 0. The minimum Gasteiger partial charge on any atom is -0.381 e. The van der Waals surface area contributed by atoms with Crippen molar-refractivity contribution in [2.45, 2.75) is 13.3 Å². The van der Waals surface area contributed by atoms with Crippen molar-refractivity contribution in [3.8, 4) is 11.3 Å². The maximum atomic E-state index is 13.6. The van der Waals surface area contributed by atoms with E-state index in [1.54, 1.807) is 6.92 Å². The monoisotopic (exact) mass is 369 g/mol. The van der Waals surface area contributed by atoms with Crippen LogP contribution in [0.2, 0.25) is 0 Å². The van der Waals surface area contributed by atoms with Crippen LogP contribution in [0, 0.1) is 24.4 Å². The van der Waals surface area contributed by atoms with E-state index in [1.165, 1.54) is 4.52 Å². The number of halogens is 3. The molecular formula is C19H14F3N5. The van der Waals surface area contributed by atoms with Crippen molar-refractivity contribution in [1.29, 1.82) is 0 Å². The zero-order valence-electron chi connectivity index (χ0n) is 14.2. The highest BCUT2D eigenvalue weighted by Gasteiger charge is 2.18. The van der Waals surface area contributed by atoms with Gasteiger partial charge in [0.2, 0.25) is 0 Å². The fraction of sp³-hybridized carbons (Fsp3) is 0.105. The molecule has 0 unspecified atom stereocenters. The van der Waals surface area contributed by atoms with E-state index in [-0.39, 0.29) is 17.1 Å². The molecule has 0 fully saturated rings. The number of fused-ring (bicyclic) bond motifs is 1. The van der Waals surface area contributed by atoms with Gasteiger partial charge in [-0.3, -0.25) is 0 Å². The highest BCUT2D eigenvalue weighted by atomic mass is 19.2. The summed E-state index contributed by atoms with van der Waals surface area (Å²) in [6.45, 7) is 1.68. The van der Waals surface area contributed by atoms with E-state index in [2.05, 4.69) is 15.1 Å². The third-order valence-electron chi connectivity index (χ3n) is 4.24. The topological polar surface area (TPSA) is 69.1 Å². The van der Waals surface area contributed by atoms with Gasteiger partial charge < -0.3 is 5.73 Å². The number of nitrogen functional groups attached to an aromatic ring is 1. The molecule has 0 aliphatic carbocycles. The lowest BCUT2D eigenvalue weighted by atomic mass is 10.1. The van der Waals surface area contributed by atoms with Gasteiger partial charge in [-0.1, -0.05) is 30.3 Å². The average molecular weight is 369 g/mol. The predicted octanol–water partition coefficient (Wildman–Crippen LogP) is 3.69. The van der Waals surface area contributed by atoms with Gasteiger partial charge in [0.05, 0.1) is 11.4 Å². The normalized spacial score (nSPS) is 11.3. The maximum Gasteiger partial charge on any atom is 0.198 e. The second-order valence-corrected chi connectivity index (χ2v) is 6.11. The molecule has 2 aromatic carbocycles. The second-order valence-electron chi connectivity index (χ2n) is 6.11. The number of aromatic nitrogens is 4. The molecule has 136 valence electrons. The Morgan fingerprint density at radius 3 is 2.33 bits per heavy atom. The first-order valence-electron chi connectivity index (χ1n) is 8.14. The van der Waals surface area contributed by atoms with Gasteiger partial charge in [0.25, 0.3) is 0 Å². The molecule has 4 aromatic rings. The summed E-state index contributed by atoms with van der Waals surface area (Å²) in [5.41, 5.74) is 8.11. The maximum absolute atomic E-state index is 13.6. The Labute approximate surface area is 152 Å². The van der Waals surface area contributed by atoms with Crippen LogP contribution in [0.25, 0.3) is 16.9 Å². The molecule has 8 heteroatoms. The number of anilines is 1. The molecule has 2 N–H and O–H groups in total. The summed E-state index contributed by atoms with van der Waals surface area (Å²) in [5, 5.41) is 4.44. The molecule has 5 nitrogen and oxygen atoms in total. The van der Waals surface area contributed by atoms with E-state index in [0.717, 1.165) is 17.7 Å². The molecule has 0 saturated heterocycles. The number of hydrogen-bond acceptors (Lipinski definition) is 4. The van der Waals surface area contributed by atoms with Gasteiger partial charge in [-0.15, -0.1) is 0 Å². The molecule has 0 bridgehead atoms. The molecule has 0 amide bonds. The highest BCUT2D eigenvalue weighted by Crippen LogP contribution is 2.27. The van der Waals surface area contributed by atoms with Crippen molar-refractivity contribution < 1.29 is 13.2 Å². The Bertz CT molecular complexity index is 1130. The molecule has 0 spiro atoms. The Hall–Kier alpha value is -3.42. The third-order valence-corrected chi connectivity index (χ3v) is 4.24. The van der Waals surface area contributed by atoms with Crippen LogP contribution < -0.4 is 5.73 Å². The molecule has 2 aromatic heterocycles. The van der Waals surface area contributed by atoms with Gasteiger partial charge in [0.15, 0.2) is 34.7 Å². The van der Waals surface area contributed by atoms with E-state index < -0.39 is 17.5 Å². The molecule has 0 aliphatic rings. The quantitative estimate of drug-likeness (QED) is 0.559. The average Bonchev–Trinajstić information content (AvgIpc) is 3.08. The Kier molecular flexibility index (Phi) is 4.02. The molecule has 0 atom stereocenters. The van der Waals surface area contributed by atoms with Crippen LogP contribution >= 0.6 is 0 Å². The van der Waals surface area contributed by atoms with Crippen LogP contribution in [0.1, 0.15) is 17.1 Å². The lowest BCUT2D eigenvalue weighted by molar-refractivity contribution is 0.447. The van der Waals surface area contributed by atoms with Crippen LogP contribution in [0.15, 0.2) is 42.5 Å². The smallest absolute Gasteiger partial charge is 0.198 e. The van der Waals surface area contributed by atoms with E-state index in [1.807, 2.05) is 30.3 Å². The molecule has 0 aliphatic heterocycles. The Morgan fingerprint density at radius 2 is 1.67 bits per heavy atom. The first-order valence-corrected chi connectivity index (χ1v) is 8.14. The number of benzene rings is 2. The largest absolute Gasteiger partial charge is 0.381 e. The van der Waals surface area contributed by atoms with E-state index in [4.69, 9.17) is 5.73 Å². The van der Waals surface area contributed by atoms with Crippen LogP contribution in [0.4, 0.5) is 19.0 Å². The summed E-state index contributed by atoms with van der Waals surface area (Å²) in [6.07, 6.45) is 0.497. The lowest BCUT2D eigenvalue weighted by Crippen LogP contribution is -2.05. The van der Waals surface area contributed by atoms with Crippen LogP contribution in [0.3, 0.4) is 0 Å². The summed E-state index contributed by atoms with van der Waals surface area (Å²) < 4.78 is 41.9. The number of nitrogens with zero attached hydrogens (tertiary/aromatic N) is 4. The minimum absolute atomic E-state index is 0.0625. The van der Waals surface area contributed by atoms with E-state index >= 15 is 0 Å². The van der Waals surface area contributed by atoms with Crippen molar-refractivity contribution in [2.24, 2.45) is 0 Å². The van der Waals surface area contributed by atoms with Crippen LogP contribution in [-0.2, 0) is 6.42 Å². The van der Waals surface area contributed by atoms with Crippen LogP contribution in [0.5, 0.6) is 0 Å². The summed E-state index contributed by atoms with van der Waals surface area (Å²) >= 11 is 0. The third kappa shape index (κ3) is 2.99. The lowest BCUT2D eigenvalue weighted by Gasteiger charge is -2.09. The van der Waals surface area contributed by atoms with Crippen molar-refractivity contribution in [3.05, 3.63) is 77.0 Å². The Morgan fingerprint density at radius 1 is 1.00 bits per heavy atom. The first kappa shape index (κ1) is 17.0. The van der Waals surface area contributed by atoms with Gasteiger partial charge >= 0.3 is 0 Å². The molecule has 0 radical (unpaired) electrons. The molecule has 4 rings (SSSR count). The van der Waals surface area contributed by atoms with Gasteiger partial charge in [0.1, 0.15) is 0 Å². The number of nitrogens with two attached hydrogens (primary N) is 1. The molecular weight excluding hydrogens is 355 g/mol.